The summed E-state index contributed by atoms with van der Waals surface area (Å²) in [5.74, 6) is 0.293. The van der Waals surface area contributed by atoms with Gasteiger partial charge in [-0.25, -0.2) is 4.98 Å². The molecule has 0 radical (unpaired) electrons. The number of H-pyrrole nitrogens is 1. The summed E-state index contributed by atoms with van der Waals surface area (Å²) in [5, 5.41) is 0.622. The van der Waals surface area contributed by atoms with Crippen molar-refractivity contribution < 1.29 is 13.2 Å². The molecule has 21 heavy (non-hydrogen) atoms. The molecule has 0 aliphatic heterocycles. The molecular weight excluding hydrogens is 348 g/mol. The van der Waals surface area contributed by atoms with Crippen LogP contribution >= 0.6 is 35.0 Å². The van der Waals surface area contributed by atoms with E-state index >= 15 is 0 Å². The Bertz CT molecular complexity index is 718. The SMILES string of the molecule is O=c1cc(C(F)(F)F)nc(SCc2ccc(Cl)c(Cl)c2)[nH]1. The molecule has 0 amide bonds. The highest BCUT2D eigenvalue weighted by atomic mass is 35.5. The number of thioether (sulfide) groups is 1. The summed E-state index contributed by atoms with van der Waals surface area (Å²) in [6.07, 6.45) is -4.66. The minimum absolute atomic E-state index is 0.110. The van der Waals surface area contributed by atoms with Gasteiger partial charge < -0.3 is 4.98 Å². The summed E-state index contributed by atoms with van der Waals surface area (Å²) in [7, 11) is 0. The third-order valence-electron chi connectivity index (χ3n) is 2.37. The third-order valence-corrected chi connectivity index (χ3v) is 4.05. The van der Waals surface area contributed by atoms with E-state index in [4.69, 9.17) is 23.2 Å². The van der Waals surface area contributed by atoms with E-state index in [1.54, 1.807) is 18.2 Å². The van der Waals surface area contributed by atoms with Gasteiger partial charge in [0.15, 0.2) is 10.9 Å². The summed E-state index contributed by atoms with van der Waals surface area (Å²) in [6, 6.07) is 5.29. The molecule has 0 atom stereocenters. The predicted molar refractivity (Wildman–Crippen MR) is 75.9 cm³/mol. The number of nitrogens with one attached hydrogen (secondary N) is 1. The first-order valence-electron chi connectivity index (χ1n) is 5.51. The summed E-state index contributed by atoms with van der Waals surface area (Å²) < 4.78 is 37.7. The topological polar surface area (TPSA) is 45.8 Å². The summed E-state index contributed by atoms with van der Waals surface area (Å²) in [4.78, 5) is 16.9. The Kier molecular flexibility index (Phi) is 4.85. The molecule has 0 aliphatic rings. The van der Waals surface area contributed by atoms with Crippen LogP contribution in [0.5, 0.6) is 0 Å². The number of alkyl halides is 3. The predicted octanol–water partition coefficient (Wildman–Crippen LogP) is 4.39. The van der Waals surface area contributed by atoms with Gasteiger partial charge >= 0.3 is 6.18 Å². The molecule has 3 nitrogen and oxygen atoms in total. The van der Waals surface area contributed by atoms with Crippen LogP contribution in [0.4, 0.5) is 13.2 Å². The smallest absolute Gasteiger partial charge is 0.301 e. The normalized spacial score (nSPS) is 11.7. The molecule has 1 aromatic carbocycles. The number of aromatic nitrogens is 2. The highest BCUT2D eigenvalue weighted by Crippen LogP contribution is 2.29. The van der Waals surface area contributed by atoms with Crippen LogP contribution < -0.4 is 5.56 Å². The Labute approximate surface area is 131 Å². The molecule has 0 unspecified atom stereocenters. The van der Waals surface area contributed by atoms with Gasteiger partial charge in [0, 0.05) is 11.8 Å². The number of halogens is 5. The van der Waals surface area contributed by atoms with E-state index in [2.05, 4.69) is 9.97 Å². The lowest BCUT2D eigenvalue weighted by atomic mass is 10.2. The van der Waals surface area contributed by atoms with Gasteiger partial charge in [-0.05, 0) is 17.7 Å². The molecule has 0 bridgehead atoms. The average Bonchev–Trinajstić information content (AvgIpc) is 2.38. The van der Waals surface area contributed by atoms with Gasteiger partial charge in [0.1, 0.15) is 0 Å². The Morgan fingerprint density at radius 1 is 1.19 bits per heavy atom. The average molecular weight is 355 g/mol. The van der Waals surface area contributed by atoms with Crippen molar-refractivity contribution in [3.05, 3.63) is 55.9 Å². The van der Waals surface area contributed by atoms with Crippen LogP contribution in [0.15, 0.2) is 34.2 Å². The standard InChI is InChI=1S/C12H7Cl2F3N2OS/c13-7-2-1-6(3-8(7)14)5-21-11-18-9(12(15,16)17)4-10(20)19-11/h1-4H,5H2,(H,18,19,20). The number of nitrogens with zero attached hydrogens (tertiary/aromatic N) is 1. The van der Waals surface area contributed by atoms with Crippen molar-refractivity contribution >= 4 is 35.0 Å². The number of benzene rings is 1. The molecule has 0 fully saturated rings. The van der Waals surface area contributed by atoms with Crippen molar-refractivity contribution in [1.82, 2.24) is 9.97 Å². The number of hydrogen-bond acceptors (Lipinski definition) is 3. The molecule has 1 aromatic heterocycles. The molecule has 0 aliphatic carbocycles. The molecule has 2 aromatic rings. The fourth-order valence-corrected chi connectivity index (χ4v) is 2.57. The van der Waals surface area contributed by atoms with Crippen LogP contribution in [-0.2, 0) is 11.9 Å². The van der Waals surface area contributed by atoms with Crippen LogP contribution in [0, 0.1) is 0 Å². The molecule has 9 heteroatoms. The van der Waals surface area contributed by atoms with Crippen molar-refractivity contribution in [1.29, 1.82) is 0 Å². The van der Waals surface area contributed by atoms with E-state index in [0.717, 1.165) is 17.3 Å². The van der Waals surface area contributed by atoms with Crippen LogP contribution in [-0.4, -0.2) is 9.97 Å². The summed E-state index contributed by atoms with van der Waals surface area (Å²) in [6.45, 7) is 0. The van der Waals surface area contributed by atoms with Gasteiger partial charge in [-0.15, -0.1) is 0 Å². The quantitative estimate of drug-likeness (QED) is 0.656. The molecule has 1 N–H and O–H groups in total. The maximum atomic E-state index is 12.6. The highest BCUT2D eigenvalue weighted by molar-refractivity contribution is 7.98. The van der Waals surface area contributed by atoms with Crippen molar-refractivity contribution in [3.63, 3.8) is 0 Å². The first kappa shape index (κ1) is 16.2. The fraction of sp³-hybridized carbons (Fsp3) is 0.167. The Morgan fingerprint density at radius 3 is 2.52 bits per heavy atom. The van der Waals surface area contributed by atoms with Gasteiger partial charge in [0.25, 0.3) is 5.56 Å². The lowest BCUT2D eigenvalue weighted by Gasteiger charge is -2.07. The summed E-state index contributed by atoms with van der Waals surface area (Å²) >= 11 is 12.6. The van der Waals surface area contributed by atoms with E-state index in [-0.39, 0.29) is 5.16 Å². The maximum absolute atomic E-state index is 12.6. The first-order chi connectivity index (χ1) is 9.75. The molecule has 1 heterocycles. The minimum atomic E-state index is -4.66. The van der Waals surface area contributed by atoms with E-state index in [0.29, 0.717) is 21.9 Å². The van der Waals surface area contributed by atoms with E-state index in [1.165, 1.54) is 0 Å². The van der Waals surface area contributed by atoms with Crippen LogP contribution in [0.2, 0.25) is 10.0 Å². The fourth-order valence-electron chi connectivity index (χ4n) is 1.43. The molecular formula is C12H7Cl2F3N2OS. The van der Waals surface area contributed by atoms with Gasteiger partial charge in [0.2, 0.25) is 0 Å². The Balaban J connectivity index is 2.18. The number of hydrogen-bond donors (Lipinski definition) is 1. The maximum Gasteiger partial charge on any atom is 0.433 e. The molecule has 112 valence electrons. The van der Waals surface area contributed by atoms with Gasteiger partial charge in [-0.1, -0.05) is 41.0 Å². The van der Waals surface area contributed by atoms with Gasteiger partial charge in [-0.2, -0.15) is 13.2 Å². The number of rotatable bonds is 3. The van der Waals surface area contributed by atoms with Crippen molar-refractivity contribution in [2.24, 2.45) is 0 Å². The largest absolute Gasteiger partial charge is 0.433 e. The Morgan fingerprint density at radius 2 is 1.90 bits per heavy atom. The number of aromatic amines is 1. The van der Waals surface area contributed by atoms with Crippen LogP contribution in [0.1, 0.15) is 11.3 Å². The van der Waals surface area contributed by atoms with Crippen molar-refractivity contribution in [2.75, 3.05) is 0 Å². The second kappa shape index (κ2) is 6.29. The van der Waals surface area contributed by atoms with Crippen molar-refractivity contribution in [2.45, 2.75) is 17.1 Å². The van der Waals surface area contributed by atoms with Gasteiger partial charge in [0.05, 0.1) is 10.0 Å². The first-order valence-corrected chi connectivity index (χ1v) is 7.25. The minimum Gasteiger partial charge on any atom is -0.301 e. The van der Waals surface area contributed by atoms with E-state index in [9.17, 15) is 18.0 Å². The van der Waals surface area contributed by atoms with Crippen LogP contribution in [0.3, 0.4) is 0 Å². The Hall–Kier alpha value is -1.18. The zero-order valence-corrected chi connectivity index (χ0v) is 12.5. The molecule has 2 rings (SSSR count). The zero-order chi connectivity index (χ0) is 15.6. The van der Waals surface area contributed by atoms with Crippen molar-refractivity contribution in [3.8, 4) is 0 Å². The monoisotopic (exact) mass is 354 g/mol. The van der Waals surface area contributed by atoms with Crippen LogP contribution in [0.25, 0.3) is 0 Å². The summed E-state index contributed by atoms with van der Waals surface area (Å²) in [5.41, 5.74) is -1.33. The van der Waals surface area contributed by atoms with E-state index in [1.807, 2.05) is 0 Å². The third kappa shape index (κ3) is 4.39. The molecule has 0 saturated carbocycles. The van der Waals surface area contributed by atoms with Gasteiger partial charge in [-0.3, -0.25) is 4.79 Å². The lowest BCUT2D eigenvalue weighted by Crippen LogP contribution is -2.16. The lowest BCUT2D eigenvalue weighted by molar-refractivity contribution is -0.141. The highest BCUT2D eigenvalue weighted by Gasteiger charge is 2.33. The molecule has 0 spiro atoms. The second-order valence-electron chi connectivity index (χ2n) is 3.97. The zero-order valence-electron chi connectivity index (χ0n) is 10.2. The molecule has 0 saturated heterocycles. The second-order valence-corrected chi connectivity index (χ2v) is 5.75. The van der Waals surface area contributed by atoms with E-state index < -0.39 is 17.4 Å².